The molecule has 0 heterocycles. The second-order valence-corrected chi connectivity index (χ2v) is 7.30. The molecule has 0 saturated heterocycles. The van der Waals surface area contributed by atoms with Crippen molar-refractivity contribution < 1.29 is 4.74 Å². The van der Waals surface area contributed by atoms with E-state index >= 15 is 0 Å². The van der Waals surface area contributed by atoms with Crippen LogP contribution in [0.25, 0.3) is 0 Å². The van der Waals surface area contributed by atoms with Crippen molar-refractivity contribution >= 4 is 17.3 Å². The van der Waals surface area contributed by atoms with Gasteiger partial charge < -0.3 is 10.5 Å². The van der Waals surface area contributed by atoms with Gasteiger partial charge in [-0.15, -0.1) is 0 Å². The number of halogens is 1. The van der Waals surface area contributed by atoms with Gasteiger partial charge in [-0.05, 0) is 74.5 Å². The van der Waals surface area contributed by atoms with E-state index in [4.69, 9.17) is 22.1 Å². The predicted molar refractivity (Wildman–Crippen MR) is 77.4 cm³/mol. The first-order valence-corrected chi connectivity index (χ1v) is 7.74. The van der Waals surface area contributed by atoms with E-state index in [-0.39, 0.29) is 5.60 Å². The maximum atomic E-state index is 6.41. The SMILES string of the molecule is Nc1ccc(OC23CC4CC(CC(C4)C2)C3)c(Cl)c1. The number of nitrogen functional groups attached to an aromatic ring is 1. The molecular weight excluding hydrogens is 258 g/mol. The number of benzene rings is 1. The lowest BCUT2D eigenvalue weighted by atomic mass is 9.54. The Bertz CT molecular complexity index is 478. The largest absolute Gasteiger partial charge is 0.486 e. The number of nitrogens with two attached hydrogens (primary N) is 1. The summed E-state index contributed by atoms with van der Waals surface area (Å²) >= 11 is 6.26. The van der Waals surface area contributed by atoms with Crippen molar-refractivity contribution in [3.05, 3.63) is 23.2 Å². The second-order valence-electron chi connectivity index (χ2n) is 6.89. The summed E-state index contributed by atoms with van der Waals surface area (Å²) in [5.74, 6) is 3.48. The summed E-state index contributed by atoms with van der Waals surface area (Å²) in [5.41, 5.74) is 6.51. The van der Waals surface area contributed by atoms with Gasteiger partial charge in [0.1, 0.15) is 11.4 Å². The van der Waals surface area contributed by atoms with Crippen LogP contribution in [0.4, 0.5) is 5.69 Å². The lowest BCUT2D eigenvalue weighted by Crippen LogP contribution is -2.53. The average Bonchev–Trinajstić information content (AvgIpc) is 2.31. The molecule has 0 aromatic heterocycles. The van der Waals surface area contributed by atoms with Gasteiger partial charge in [0, 0.05) is 5.69 Å². The number of ether oxygens (including phenoxy) is 1. The zero-order valence-electron chi connectivity index (χ0n) is 11.1. The van der Waals surface area contributed by atoms with Crippen molar-refractivity contribution in [3.8, 4) is 5.75 Å². The minimum atomic E-state index is 0.0640. The van der Waals surface area contributed by atoms with Crippen molar-refractivity contribution in [2.75, 3.05) is 5.73 Å². The summed E-state index contributed by atoms with van der Waals surface area (Å²) in [4.78, 5) is 0. The van der Waals surface area contributed by atoms with Crippen LogP contribution in [0.3, 0.4) is 0 Å². The monoisotopic (exact) mass is 277 g/mol. The summed E-state index contributed by atoms with van der Waals surface area (Å²) in [7, 11) is 0. The molecule has 0 radical (unpaired) electrons. The quantitative estimate of drug-likeness (QED) is 0.820. The number of rotatable bonds is 2. The van der Waals surface area contributed by atoms with Gasteiger partial charge in [-0.3, -0.25) is 0 Å². The Morgan fingerprint density at radius 1 is 1.05 bits per heavy atom. The Kier molecular flexibility index (Phi) is 2.54. The molecule has 1 aromatic rings. The molecule has 3 heteroatoms. The topological polar surface area (TPSA) is 35.2 Å². The molecule has 102 valence electrons. The molecule has 4 aliphatic rings. The van der Waals surface area contributed by atoms with E-state index in [1.807, 2.05) is 12.1 Å². The highest BCUT2D eigenvalue weighted by Crippen LogP contribution is 2.57. The highest BCUT2D eigenvalue weighted by molar-refractivity contribution is 6.32. The van der Waals surface area contributed by atoms with Crippen molar-refractivity contribution in [1.82, 2.24) is 0 Å². The molecule has 4 aliphatic carbocycles. The molecule has 4 bridgehead atoms. The predicted octanol–water partition coefficient (Wildman–Crippen LogP) is 4.27. The van der Waals surface area contributed by atoms with Crippen molar-refractivity contribution in [2.24, 2.45) is 17.8 Å². The van der Waals surface area contributed by atoms with Gasteiger partial charge in [-0.2, -0.15) is 0 Å². The smallest absolute Gasteiger partial charge is 0.138 e. The zero-order valence-corrected chi connectivity index (χ0v) is 11.8. The Labute approximate surface area is 119 Å². The third-order valence-electron chi connectivity index (χ3n) is 5.26. The summed E-state index contributed by atoms with van der Waals surface area (Å²) < 4.78 is 6.41. The Balaban J connectivity index is 1.62. The van der Waals surface area contributed by atoms with E-state index in [0.29, 0.717) is 10.7 Å². The van der Waals surface area contributed by atoms with E-state index in [9.17, 15) is 0 Å². The highest BCUT2D eigenvalue weighted by atomic mass is 35.5. The molecule has 5 rings (SSSR count). The van der Waals surface area contributed by atoms with Crippen molar-refractivity contribution in [1.29, 1.82) is 0 Å². The Morgan fingerprint density at radius 3 is 2.16 bits per heavy atom. The molecule has 0 aliphatic heterocycles. The van der Waals surface area contributed by atoms with Gasteiger partial charge in [-0.25, -0.2) is 0 Å². The van der Waals surface area contributed by atoms with Gasteiger partial charge in [0.2, 0.25) is 0 Å². The van der Waals surface area contributed by atoms with Gasteiger partial charge in [0.25, 0.3) is 0 Å². The van der Waals surface area contributed by atoms with Crippen LogP contribution in [0.2, 0.25) is 5.02 Å². The minimum Gasteiger partial charge on any atom is -0.486 e. The van der Waals surface area contributed by atoms with Crippen LogP contribution in [-0.2, 0) is 0 Å². The molecular formula is C16H20ClNO. The Morgan fingerprint density at radius 2 is 1.63 bits per heavy atom. The average molecular weight is 278 g/mol. The molecule has 1 aromatic carbocycles. The molecule has 2 nitrogen and oxygen atoms in total. The van der Waals surface area contributed by atoms with Crippen molar-refractivity contribution in [3.63, 3.8) is 0 Å². The van der Waals surface area contributed by atoms with Gasteiger partial charge in [-0.1, -0.05) is 11.6 Å². The van der Waals surface area contributed by atoms with Crippen LogP contribution >= 0.6 is 11.6 Å². The van der Waals surface area contributed by atoms with Crippen LogP contribution in [0.1, 0.15) is 38.5 Å². The molecule has 0 unspecified atom stereocenters. The van der Waals surface area contributed by atoms with Crippen LogP contribution in [0, 0.1) is 17.8 Å². The molecule has 0 amide bonds. The molecule has 4 fully saturated rings. The van der Waals surface area contributed by atoms with E-state index in [1.54, 1.807) is 6.07 Å². The molecule has 4 saturated carbocycles. The molecule has 0 atom stereocenters. The third-order valence-corrected chi connectivity index (χ3v) is 5.56. The fourth-order valence-corrected chi connectivity index (χ4v) is 5.22. The van der Waals surface area contributed by atoms with E-state index < -0.39 is 0 Å². The minimum absolute atomic E-state index is 0.0640. The standard InChI is InChI=1S/C16H20ClNO/c17-14-6-13(18)1-2-15(14)19-16-7-10-3-11(8-16)5-12(4-10)9-16/h1-2,6,10-12H,3-5,7-9,18H2. The highest BCUT2D eigenvalue weighted by Gasteiger charge is 2.52. The first kappa shape index (κ1) is 11.9. The molecule has 2 N–H and O–H groups in total. The van der Waals surface area contributed by atoms with E-state index in [2.05, 4.69) is 0 Å². The fourth-order valence-electron chi connectivity index (χ4n) is 4.99. The maximum absolute atomic E-state index is 6.41. The van der Waals surface area contributed by atoms with E-state index in [0.717, 1.165) is 23.5 Å². The number of hydrogen-bond donors (Lipinski definition) is 1. The number of anilines is 1. The van der Waals surface area contributed by atoms with Gasteiger partial charge in [0.05, 0.1) is 5.02 Å². The second kappa shape index (κ2) is 4.05. The van der Waals surface area contributed by atoms with Crippen LogP contribution in [0.5, 0.6) is 5.75 Å². The van der Waals surface area contributed by atoms with Crippen LogP contribution < -0.4 is 10.5 Å². The van der Waals surface area contributed by atoms with Gasteiger partial charge >= 0.3 is 0 Å². The number of hydrogen-bond acceptors (Lipinski definition) is 2. The summed E-state index contributed by atoms with van der Waals surface area (Å²) in [5, 5.41) is 0.649. The summed E-state index contributed by atoms with van der Waals surface area (Å²) in [6.07, 6.45) is 7.95. The zero-order chi connectivity index (χ0) is 13.0. The van der Waals surface area contributed by atoms with Crippen molar-refractivity contribution in [2.45, 2.75) is 44.1 Å². The van der Waals surface area contributed by atoms with E-state index in [1.165, 1.54) is 38.5 Å². The summed E-state index contributed by atoms with van der Waals surface area (Å²) in [6.45, 7) is 0. The molecule has 0 spiro atoms. The first-order chi connectivity index (χ1) is 9.12. The fraction of sp³-hybridized carbons (Fsp3) is 0.625. The van der Waals surface area contributed by atoms with Gasteiger partial charge in [0.15, 0.2) is 0 Å². The lowest BCUT2D eigenvalue weighted by Gasteiger charge is -2.56. The molecule has 19 heavy (non-hydrogen) atoms. The first-order valence-electron chi connectivity index (χ1n) is 7.36. The third kappa shape index (κ3) is 2.01. The van der Waals surface area contributed by atoms with Crippen LogP contribution in [0.15, 0.2) is 18.2 Å². The summed E-state index contributed by atoms with van der Waals surface area (Å²) in [6, 6.07) is 5.59. The van der Waals surface area contributed by atoms with Crippen LogP contribution in [-0.4, -0.2) is 5.60 Å². The maximum Gasteiger partial charge on any atom is 0.138 e. The normalized spacial score (nSPS) is 39.5. The Hall–Kier alpha value is -0.890. The lowest BCUT2D eigenvalue weighted by molar-refractivity contribution is -0.107.